The molecule has 2 unspecified atom stereocenters. The van der Waals surface area contributed by atoms with Crippen LogP contribution in [0.5, 0.6) is 5.75 Å². The smallest absolute Gasteiger partial charge is 0.408 e. The van der Waals surface area contributed by atoms with Crippen LogP contribution in [-0.4, -0.2) is 48.1 Å². The third kappa shape index (κ3) is 7.77. The van der Waals surface area contributed by atoms with Gasteiger partial charge in [0.15, 0.2) is 0 Å². The summed E-state index contributed by atoms with van der Waals surface area (Å²) in [4.78, 5) is 41.0. The molecule has 2 N–H and O–H groups in total. The van der Waals surface area contributed by atoms with Gasteiger partial charge < -0.3 is 25.0 Å². The van der Waals surface area contributed by atoms with Crippen LogP contribution in [-0.2, 0) is 14.3 Å². The van der Waals surface area contributed by atoms with Gasteiger partial charge in [0, 0.05) is 17.8 Å². The van der Waals surface area contributed by atoms with Crippen molar-refractivity contribution in [3.63, 3.8) is 0 Å². The number of rotatable bonds is 9. The number of anilines is 1. The lowest BCUT2D eigenvalue weighted by Crippen LogP contribution is -2.51. The summed E-state index contributed by atoms with van der Waals surface area (Å²) in [6, 6.07) is 11.9. The van der Waals surface area contributed by atoms with Gasteiger partial charge in [-0.2, -0.15) is 0 Å². The summed E-state index contributed by atoms with van der Waals surface area (Å²) in [5, 5.41) is 5.45. The highest BCUT2D eigenvalue weighted by molar-refractivity contribution is 5.99. The zero-order chi connectivity index (χ0) is 26.9. The van der Waals surface area contributed by atoms with E-state index in [0.717, 1.165) is 0 Å². The minimum atomic E-state index is -1.03. The standard InChI is InChI=1S/C28H35N3O5/c1-8-18-31(26(33)19(3)29-27(34)36-28(4,5)6)24(23-13-11-10-12-20(23)9-2)25(32)30-21-14-16-22(35-7)17-15-21/h2,10-17,19,24H,8,18H2,1,3-7H3,(H,29,34)(H,30,32). The molecule has 0 bridgehead atoms. The zero-order valence-electron chi connectivity index (χ0n) is 21.8. The first kappa shape index (κ1) is 28.2. The number of nitrogens with one attached hydrogen (secondary N) is 2. The Morgan fingerprint density at radius 1 is 1.08 bits per heavy atom. The van der Waals surface area contributed by atoms with E-state index in [-0.39, 0.29) is 6.54 Å². The lowest BCUT2D eigenvalue weighted by atomic mass is 9.97. The predicted molar refractivity (Wildman–Crippen MR) is 140 cm³/mol. The van der Waals surface area contributed by atoms with Gasteiger partial charge in [0.05, 0.1) is 7.11 Å². The average Bonchev–Trinajstić information content (AvgIpc) is 2.82. The van der Waals surface area contributed by atoms with Crippen molar-refractivity contribution in [2.24, 2.45) is 0 Å². The summed E-state index contributed by atoms with van der Waals surface area (Å²) in [6.07, 6.45) is 5.59. The number of amides is 3. The van der Waals surface area contributed by atoms with Crippen LogP contribution in [0.3, 0.4) is 0 Å². The van der Waals surface area contributed by atoms with Gasteiger partial charge in [0.2, 0.25) is 5.91 Å². The van der Waals surface area contributed by atoms with Gasteiger partial charge in [-0.25, -0.2) is 4.79 Å². The van der Waals surface area contributed by atoms with E-state index in [1.807, 2.05) is 6.92 Å². The Bertz CT molecular complexity index is 1100. The topological polar surface area (TPSA) is 97.0 Å². The second-order valence-electron chi connectivity index (χ2n) is 9.25. The number of hydrogen-bond donors (Lipinski definition) is 2. The Morgan fingerprint density at radius 2 is 1.72 bits per heavy atom. The van der Waals surface area contributed by atoms with Crippen LogP contribution >= 0.6 is 0 Å². The Balaban J connectivity index is 2.44. The molecular formula is C28H35N3O5. The van der Waals surface area contributed by atoms with E-state index in [1.165, 1.54) is 4.90 Å². The lowest BCUT2D eigenvalue weighted by molar-refractivity contribution is -0.140. The van der Waals surface area contributed by atoms with Gasteiger partial charge in [-0.15, -0.1) is 6.42 Å². The molecule has 0 radical (unpaired) electrons. The van der Waals surface area contributed by atoms with Crippen LogP contribution in [0, 0.1) is 12.3 Å². The number of nitrogens with zero attached hydrogens (tertiary/aromatic N) is 1. The van der Waals surface area contributed by atoms with Crippen LogP contribution in [0.25, 0.3) is 0 Å². The van der Waals surface area contributed by atoms with Gasteiger partial charge >= 0.3 is 6.09 Å². The molecule has 2 aromatic carbocycles. The normalized spacial score (nSPS) is 12.5. The Morgan fingerprint density at radius 3 is 2.28 bits per heavy atom. The molecule has 0 aliphatic heterocycles. The molecular weight excluding hydrogens is 458 g/mol. The maximum atomic E-state index is 13.7. The molecule has 36 heavy (non-hydrogen) atoms. The van der Waals surface area contributed by atoms with E-state index in [4.69, 9.17) is 15.9 Å². The first-order chi connectivity index (χ1) is 17.0. The summed E-state index contributed by atoms with van der Waals surface area (Å²) < 4.78 is 10.5. The minimum absolute atomic E-state index is 0.263. The maximum Gasteiger partial charge on any atom is 0.408 e. The minimum Gasteiger partial charge on any atom is -0.497 e. The van der Waals surface area contributed by atoms with Crippen molar-refractivity contribution >= 4 is 23.6 Å². The zero-order valence-corrected chi connectivity index (χ0v) is 21.8. The van der Waals surface area contributed by atoms with Crippen molar-refractivity contribution in [2.75, 3.05) is 19.0 Å². The molecule has 2 aromatic rings. The predicted octanol–water partition coefficient (Wildman–Crippen LogP) is 4.51. The summed E-state index contributed by atoms with van der Waals surface area (Å²) >= 11 is 0. The largest absolute Gasteiger partial charge is 0.497 e. The van der Waals surface area contributed by atoms with Crippen molar-refractivity contribution in [3.8, 4) is 18.1 Å². The van der Waals surface area contributed by atoms with Crippen molar-refractivity contribution in [1.82, 2.24) is 10.2 Å². The number of terminal acetylenes is 1. The first-order valence-electron chi connectivity index (χ1n) is 11.8. The first-order valence-corrected chi connectivity index (χ1v) is 11.8. The summed E-state index contributed by atoms with van der Waals surface area (Å²) in [5.41, 5.74) is 0.821. The number of methoxy groups -OCH3 is 1. The monoisotopic (exact) mass is 493 g/mol. The number of benzene rings is 2. The fraction of sp³-hybridized carbons (Fsp3) is 0.393. The van der Waals surface area contributed by atoms with Gasteiger partial charge in [-0.3, -0.25) is 9.59 Å². The molecule has 0 aromatic heterocycles. The quantitative estimate of drug-likeness (QED) is 0.501. The van der Waals surface area contributed by atoms with Crippen molar-refractivity contribution in [3.05, 3.63) is 59.7 Å². The molecule has 192 valence electrons. The summed E-state index contributed by atoms with van der Waals surface area (Å²) in [5.74, 6) is 2.38. The van der Waals surface area contributed by atoms with Gasteiger partial charge in [-0.1, -0.05) is 31.0 Å². The van der Waals surface area contributed by atoms with Crippen LogP contribution in [0.4, 0.5) is 10.5 Å². The highest BCUT2D eigenvalue weighted by atomic mass is 16.6. The summed E-state index contributed by atoms with van der Waals surface area (Å²) in [6.45, 7) is 8.92. The van der Waals surface area contributed by atoms with Crippen LogP contribution in [0.1, 0.15) is 58.2 Å². The van der Waals surface area contributed by atoms with Crippen LogP contribution < -0.4 is 15.4 Å². The molecule has 0 aliphatic carbocycles. The van der Waals surface area contributed by atoms with E-state index in [1.54, 1.807) is 83.3 Å². The van der Waals surface area contributed by atoms with Gasteiger partial charge in [0.25, 0.3) is 5.91 Å². The van der Waals surface area contributed by atoms with Gasteiger partial charge in [0.1, 0.15) is 23.4 Å². The molecule has 8 nitrogen and oxygen atoms in total. The molecule has 0 saturated carbocycles. The van der Waals surface area contributed by atoms with E-state index in [0.29, 0.717) is 29.0 Å². The third-order valence-electron chi connectivity index (χ3n) is 5.18. The molecule has 0 fully saturated rings. The van der Waals surface area contributed by atoms with Gasteiger partial charge in [-0.05, 0) is 70.0 Å². The molecule has 0 saturated heterocycles. The van der Waals surface area contributed by atoms with Crippen molar-refractivity contribution < 1.29 is 23.9 Å². The SMILES string of the molecule is C#Cc1ccccc1C(C(=O)Nc1ccc(OC)cc1)N(CCC)C(=O)C(C)NC(=O)OC(C)(C)C. The lowest BCUT2D eigenvalue weighted by Gasteiger charge is -2.34. The number of carbonyl (C=O) groups is 3. The molecule has 2 rings (SSSR count). The number of alkyl carbamates (subject to hydrolysis) is 1. The second kappa shape index (κ2) is 12.6. The summed E-state index contributed by atoms with van der Waals surface area (Å²) in [7, 11) is 1.56. The molecule has 3 amide bonds. The third-order valence-corrected chi connectivity index (χ3v) is 5.18. The molecule has 2 atom stereocenters. The second-order valence-corrected chi connectivity index (χ2v) is 9.25. The van der Waals surface area contributed by atoms with E-state index in [2.05, 4.69) is 16.6 Å². The van der Waals surface area contributed by atoms with E-state index >= 15 is 0 Å². The fourth-order valence-electron chi connectivity index (χ4n) is 3.60. The average molecular weight is 494 g/mol. The number of carbonyl (C=O) groups excluding carboxylic acids is 3. The Hall–Kier alpha value is -3.99. The van der Waals surface area contributed by atoms with Crippen LogP contribution in [0.15, 0.2) is 48.5 Å². The Kier molecular flexibility index (Phi) is 9.92. The highest BCUT2D eigenvalue weighted by Crippen LogP contribution is 2.27. The highest BCUT2D eigenvalue weighted by Gasteiger charge is 2.35. The molecule has 0 aliphatic rings. The number of hydrogen-bond acceptors (Lipinski definition) is 5. The molecule has 0 heterocycles. The van der Waals surface area contributed by atoms with E-state index < -0.39 is 35.6 Å². The maximum absolute atomic E-state index is 13.7. The molecule has 8 heteroatoms. The molecule has 0 spiro atoms. The number of ether oxygens (including phenoxy) is 2. The van der Waals surface area contributed by atoms with E-state index in [9.17, 15) is 14.4 Å². The Labute approximate surface area is 213 Å². The van der Waals surface area contributed by atoms with Crippen LogP contribution in [0.2, 0.25) is 0 Å². The fourth-order valence-corrected chi connectivity index (χ4v) is 3.60. The van der Waals surface area contributed by atoms with Crippen molar-refractivity contribution in [1.29, 1.82) is 0 Å². The van der Waals surface area contributed by atoms with Crippen molar-refractivity contribution in [2.45, 2.75) is 58.7 Å².